The molecule has 0 bridgehead atoms. The van der Waals surface area contributed by atoms with Crippen LogP contribution in [0.5, 0.6) is 0 Å². The molecule has 2 fully saturated rings. The monoisotopic (exact) mass is 488 g/mol. The predicted molar refractivity (Wildman–Crippen MR) is 140 cm³/mol. The number of pyridine rings is 2. The van der Waals surface area contributed by atoms with Crippen molar-refractivity contribution >= 4 is 11.4 Å². The highest BCUT2D eigenvalue weighted by Gasteiger charge is 2.27. The van der Waals surface area contributed by atoms with Crippen molar-refractivity contribution in [3.63, 3.8) is 0 Å². The summed E-state index contributed by atoms with van der Waals surface area (Å²) in [5.74, 6) is 0. The third-order valence-corrected chi connectivity index (χ3v) is 6.61. The van der Waals surface area contributed by atoms with Crippen LogP contribution in [0.15, 0.2) is 46.5 Å². The molecule has 0 radical (unpaired) electrons. The van der Waals surface area contributed by atoms with Gasteiger partial charge in [0.05, 0.1) is 52.4 Å². The molecule has 188 valence electrons. The molecule has 10 nitrogen and oxygen atoms in total. The van der Waals surface area contributed by atoms with Crippen molar-refractivity contribution in [2.24, 2.45) is 0 Å². The van der Waals surface area contributed by atoms with Crippen molar-refractivity contribution in [1.29, 1.82) is 0 Å². The zero-order valence-electron chi connectivity index (χ0n) is 21.1. The minimum Gasteiger partial charge on any atom is -0.394 e. The summed E-state index contributed by atoms with van der Waals surface area (Å²) in [5.41, 5.74) is 17.1. The van der Waals surface area contributed by atoms with Gasteiger partial charge in [0.1, 0.15) is 0 Å². The predicted octanol–water partition coefficient (Wildman–Crippen LogP) is 3.14. The van der Waals surface area contributed by atoms with Gasteiger partial charge < -0.3 is 11.5 Å². The molecule has 0 aliphatic heterocycles. The van der Waals surface area contributed by atoms with Crippen LogP contribution >= 0.6 is 0 Å². The zero-order valence-corrected chi connectivity index (χ0v) is 21.1. The summed E-state index contributed by atoms with van der Waals surface area (Å²) in [6.07, 6.45) is 12.0. The molecule has 2 aliphatic carbocycles. The number of nitrogen functional groups attached to an aromatic ring is 2. The number of aryl methyl sites for hydroxylation is 3. The molecule has 0 spiro atoms. The molecule has 0 unspecified atom stereocenters. The van der Waals surface area contributed by atoms with Crippen LogP contribution in [0, 0.1) is 27.7 Å². The van der Waals surface area contributed by atoms with Crippen LogP contribution in [0.1, 0.15) is 60.3 Å². The standard InChI is InChI=1S/2C13H16N4O/c1-8-5-11(14)13(18)16(7-8)12-6-15-17(9(12)2)10-3-4-10;1-8-5-11(14)13(18)16(6-8)12-7-17(10-3-4-10)15-9(12)2/h2*5-7,10H,3-4,14H2,1-2H3. The Morgan fingerprint density at radius 1 is 0.778 bits per heavy atom. The molecule has 4 N–H and O–H groups in total. The highest BCUT2D eigenvalue weighted by atomic mass is 16.1. The van der Waals surface area contributed by atoms with Crippen molar-refractivity contribution in [2.45, 2.75) is 65.5 Å². The molecule has 2 aliphatic rings. The summed E-state index contributed by atoms with van der Waals surface area (Å²) >= 11 is 0. The number of nitrogens with zero attached hydrogens (tertiary/aromatic N) is 6. The van der Waals surface area contributed by atoms with Crippen molar-refractivity contribution in [3.05, 3.63) is 80.1 Å². The molecule has 4 aromatic heterocycles. The Bertz CT molecular complexity index is 1500. The van der Waals surface area contributed by atoms with Crippen LogP contribution in [0.3, 0.4) is 0 Å². The maximum Gasteiger partial charge on any atom is 0.278 e. The first-order valence-electron chi connectivity index (χ1n) is 12.2. The highest BCUT2D eigenvalue weighted by molar-refractivity contribution is 5.45. The molecule has 0 amide bonds. The van der Waals surface area contributed by atoms with Crippen molar-refractivity contribution < 1.29 is 0 Å². The molecular formula is C26H32N8O2. The van der Waals surface area contributed by atoms with Gasteiger partial charge in [-0.1, -0.05) is 0 Å². The number of rotatable bonds is 4. The van der Waals surface area contributed by atoms with Gasteiger partial charge in [-0.3, -0.25) is 28.1 Å². The molecule has 4 aromatic rings. The number of anilines is 2. The quantitative estimate of drug-likeness (QED) is 0.454. The van der Waals surface area contributed by atoms with Crippen LogP contribution in [-0.4, -0.2) is 28.7 Å². The van der Waals surface area contributed by atoms with E-state index in [1.807, 2.05) is 43.3 Å². The van der Waals surface area contributed by atoms with Crippen molar-refractivity contribution in [3.8, 4) is 11.4 Å². The third-order valence-electron chi connectivity index (χ3n) is 6.61. The van der Waals surface area contributed by atoms with E-state index in [-0.39, 0.29) is 22.5 Å². The Kier molecular flexibility index (Phi) is 5.82. The topological polar surface area (TPSA) is 132 Å². The van der Waals surface area contributed by atoms with E-state index in [2.05, 4.69) is 10.2 Å². The molecule has 2 saturated carbocycles. The average molecular weight is 489 g/mol. The molecule has 4 heterocycles. The SMILES string of the molecule is Cc1cc(N)c(=O)n(-c2cn(C3CC3)nc2C)c1.Cc1cc(N)c(=O)n(-c2cnn(C3CC3)c2C)c1. The average Bonchev–Trinajstić information content (AvgIpc) is 3.76. The van der Waals surface area contributed by atoms with Crippen molar-refractivity contribution in [2.75, 3.05) is 11.5 Å². The van der Waals surface area contributed by atoms with E-state index in [0.29, 0.717) is 12.1 Å². The lowest BCUT2D eigenvalue weighted by molar-refractivity contribution is 0.621. The van der Waals surface area contributed by atoms with Crippen LogP contribution in [0.25, 0.3) is 11.4 Å². The van der Waals surface area contributed by atoms with Crippen LogP contribution in [0.4, 0.5) is 11.4 Å². The van der Waals surface area contributed by atoms with Gasteiger partial charge in [0.15, 0.2) is 0 Å². The lowest BCUT2D eigenvalue weighted by Gasteiger charge is -2.08. The summed E-state index contributed by atoms with van der Waals surface area (Å²) in [6, 6.07) is 4.41. The van der Waals surface area contributed by atoms with E-state index in [1.54, 1.807) is 39.9 Å². The fraction of sp³-hybridized carbons (Fsp3) is 0.385. The summed E-state index contributed by atoms with van der Waals surface area (Å²) in [5, 5.41) is 8.84. The number of nitrogens with two attached hydrogens (primary N) is 2. The highest BCUT2D eigenvalue weighted by Crippen LogP contribution is 2.36. The molecule has 6 rings (SSSR count). The normalized spacial score (nSPS) is 15.0. The largest absolute Gasteiger partial charge is 0.394 e. The minimum atomic E-state index is -0.181. The van der Waals surface area contributed by atoms with Gasteiger partial charge in [0.2, 0.25) is 0 Å². The van der Waals surface area contributed by atoms with E-state index < -0.39 is 0 Å². The second kappa shape index (κ2) is 8.85. The van der Waals surface area contributed by atoms with E-state index in [9.17, 15) is 9.59 Å². The first-order valence-corrected chi connectivity index (χ1v) is 12.2. The van der Waals surface area contributed by atoms with Crippen LogP contribution in [-0.2, 0) is 0 Å². The number of hydrogen-bond acceptors (Lipinski definition) is 6. The Hall–Kier alpha value is -4.08. The van der Waals surface area contributed by atoms with E-state index >= 15 is 0 Å². The van der Waals surface area contributed by atoms with Gasteiger partial charge in [0, 0.05) is 18.6 Å². The van der Waals surface area contributed by atoms with Gasteiger partial charge in [-0.05, 0) is 76.6 Å². The molecule has 0 atom stereocenters. The van der Waals surface area contributed by atoms with E-state index in [4.69, 9.17) is 11.5 Å². The van der Waals surface area contributed by atoms with Gasteiger partial charge in [-0.25, -0.2) is 0 Å². The molecule has 36 heavy (non-hydrogen) atoms. The Balaban J connectivity index is 0.000000148. The van der Waals surface area contributed by atoms with Crippen LogP contribution in [0.2, 0.25) is 0 Å². The Morgan fingerprint density at radius 2 is 1.31 bits per heavy atom. The number of hydrogen-bond donors (Lipinski definition) is 2. The first-order chi connectivity index (χ1) is 17.1. The minimum absolute atomic E-state index is 0.181. The maximum atomic E-state index is 12.1. The second-order valence-electron chi connectivity index (χ2n) is 9.90. The van der Waals surface area contributed by atoms with Gasteiger partial charge in [-0.15, -0.1) is 0 Å². The fourth-order valence-electron chi connectivity index (χ4n) is 4.42. The van der Waals surface area contributed by atoms with E-state index in [0.717, 1.165) is 33.9 Å². The summed E-state index contributed by atoms with van der Waals surface area (Å²) < 4.78 is 7.13. The summed E-state index contributed by atoms with van der Waals surface area (Å²) in [6.45, 7) is 7.75. The smallest absolute Gasteiger partial charge is 0.278 e. The van der Waals surface area contributed by atoms with E-state index in [1.165, 1.54) is 25.7 Å². The van der Waals surface area contributed by atoms with Gasteiger partial charge >= 0.3 is 0 Å². The zero-order chi connectivity index (χ0) is 25.7. The first kappa shape index (κ1) is 23.7. The number of aromatic nitrogens is 6. The van der Waals surface area contributed by atoms with Crippen LogP contribution < -0.4 is 22.6 Å². The lowest BCUT2D eigenvalue weighted by Crippen LogP contribution is -2.21. The fourth-order valence-corrected chi connectivity index (χ4v) is 4.42. The molecule has 0 aromatic carbocycles. The van der Waals surface area contributed by atoms with Gasteiger partial charge in [-0.2, -0.15) is 10.2 Å². The van der Waals surface area contributed by atoms with Crippen molar-refractivity contribution in [1.82, 2.24) is 28.7 Å². The second-order valence-corrected chi connectivity index (χ2v) is 9.90. The Labute approximate surface area is 208 Å². The molecule has 0 saturated heterocycles. The lowest BCUT2D eigenvalue weighted by atomic mass is 10.2. The summed E-state index contributed by atoms with van der Waals surface area (Å²) in [4.78, 5) is 24.1. The Morgan fingerprint density at radius 3 is 1.83 bits per heavy atom. The molecule has 10 heteroatoms. The maximum absolute atomic E-state index is 12.1. The molecular weight excluding hydrogens is 456 g/mol. The summed E-state index contributed by atoms with van der Waals surface area (Å²) in [7, 11) is 0. The van der Waals surface area contributed by atoms with Gasteiger partial charge in [0.25, 0.3) is 11.1 Å². The third kappa shape index (κ3) is 4.46.